The molecule has 2 aromatic rings. The molecule has 1 aromatic heterocycles. The molecule has 0 saturated heterocycles. The Morgan fingerprint density at radius 1 is 1.21 bits per heavy atom. The fourth-order valence-electron chi connectivity index (χ4n) is 3.23. The molecular weight excluding hydrogens is 434 g/mol. The van der Waals surface area contributed by atoms with E-state index in [0.717, 1.165) is 36.5 Å². The first-order valence-electron chi connectivity index (χ1n) is 9.07. The molecule has 0 fully saturated rings. The van der Waals surface area contributed by atoms with E-state index in [9.17, 15) is 18.0 Å². The maximum atomic E-state index is 12.6. The van der Waals surface area contributed by atoms with E-state index in [0.29, 0.717) is 16.1 Å². The van der Waals surface area contributed by atoms with Gasteiger partial charge in [0.2, 0.25) is 0 Å². The second kappa shape index (κ2) is 9.25. The van der Waals surface area contributed by atoms with E-state index in [2.05, 4.69) is 17.1 Å². The molecule has 0 radical (unpaired) electrons. The van der Waals surface area contributed by atoms with Gasteiger partial charge in [-0.25, -0.2) is 8.42 Å². The van der Waals surface area contributed by atoms with Crippen LogP contribution in [-0.2, 0) is 22.8 Å². The maximum absolute atomic E-state index is 12.6. The lowest BCUT2D eigenvalue weighted by Crippen LogP contribution is -2.30. The summed E-state index contributed by atoms with van der Waals surface area (Å²) in [7, 11) is -3.32. The molecule has 2 amide bonds. The lowest BCUT2D eigenvalue weighted by molar-refractivity contribution is 0.1000. The normalized spacial score (nSPS) is 14.0. The Morgan fingerprint density at radius 2 is 1.86 bits per heavy atom. The topological polar surface area (TPSA) is 110 Å². The number of likely N-dealkylation sites (N-methyl/N-ethyl adjacent to an activating group) is 1. The summed E-state index contributed by atoms with van der Waals surface area (Å²) in [6.07, 6.45) is 0.720. The first kappa shape index (κ1) is 23.3. The van der Waals surface area contributed by atoms with E-state index in [1.165, 1.54) is 35.6 Å². The second-order valence-corrected chi connectivity index (χ2v) is 9.96. The zero-order chi connectivity index (χ0) is 20.5. The van der Waals surface area contributed by atoms with Crippen molar-refractivity contribution >= 4 is 50.4 Å². The molecule has 7 nitrogen and oxygen atoms in total. The summed E-state index contributed by atoms with van der Waals surface area (Å²) < 4.78 is 23.8. The van der Waals surface area contributed by atoms with E-state index >= 15 is 0 Å². The minimum absolute atomic E-state index is 0. The van der Waals surface area contributed by atoms with Crippen molar-refractivity contribution in [1.29, 1.82) is 0 Å². The summed E-state index contributed by atoms with van der Waals surface area (Å²) in [6, 6.07) is 5.77. The summed E-state index contributed by atoms with van der Waals surface area (Å²) >= 11 is 1.37. The number of amides is 2. The third kappa shape index (κ3) is 4.80. The predicted molar refractivity (Wildman–Crippen MR) is 117 cm³/mol. The van der Waals surface area contributed by atoms with Crippen LogP contribution in [0.25, 0.3) is 0 Å². The summed E-state index contributed by atoms with van der Waals surface area (Å²) in [5, 5.41) is 3.23. The third-order valence-electron chi connectivity index (χ3n) is 4.91. The quantitative estimate of drug-likeness (QED) is 0.693. The van der Waals surface area contributed by atoms with E-state index in [4.69, 9.17) is 5.73 Å². The lowest BCUT2D eigenvalue weighted by Gasteiger charge is -2.25. The lowest BCUT2D eigenvalue weighted by atomic mass is 10.0. The van der Waals surface area contributed by atoms with Crippen molar-refractivity contribution in [1.82, 2.24) is 4.90 Å². The number of anilines is 1. The number of nitrogens with one attached hydrogen (secondary N) is 1. The summed E-state index contributed by atoms with van der Waals surface area (Å²) in [5.41, 5.74) is 7.20. The van der Waals surface area contributed by atoms with Crippen molar-refractivity contribution in [2.24, 2.45) is 5.73 Å². The molecule has 0 spiro atoms. The van der Waals surface area contributed by atoms with Gasteiger partial charge in [-0.1, -0.05) is 13.8 Å². The average Bonchev–Trinajstić information content (AvgIpc) is 3.04. The number of rotatable bonds is 6. The fraction of sp³-hybridized carbons (Fsp3) is 0.368. The van der Waals surface area contributed by atoms with E-state index in [1.54, 1.807) is 6.92 Å². The van der Waals surface area contributed by atoms with Crippen molar-refractivity contribution in [2.75, 3.05) is 24.2 Å². The first-order valence-corrected chi connectivity index (χ1v) is 11.5. The van der Waals surface area contributed by atoms with Crippen LogP contribution in [0.4, 0.5) is 5.00 Å². The van der Waals surface area contributed by atoms with Gasteiger partial charge < -0.3 is 11.1 Å². The molecule has 2 heterocycles. The van der Waals surface area contributed by atoms with Gasteiger partial charge in [0.25, 0.3) is 11.8 Å². The van der Waals surface area contributed by atoms with Crippen LogP contribution in [0.3, 0.4) is 0 Å². The van der Waals surface area contributed by atoms with E-state index < -0.39 is 21.7 Å². The smallest absolute Gasteiger partial charge is 0.256 e. The van der Waals surface area contributed by atoms with Gasteiger partial charge in [0.1, 0.15) is 5.00 Å². The number of hydrogen-bond acceptors (Lipinski definition) is 6. The molecule has 158 valence electrons. The van der Waals surface area contributed by atoms with Gasteiger partial charge in [0.05, 0.1) is 16.2 Å². The Bertz CT molecular complexity index is 1020. The van der Waals surface area contributed by atoms with Crippen molar-refractivity contribution in [3.63, 3.8) is 0 Å². The Hall–Kier alpha value is -1.94. The molecular formula is C19H24ClN3O4S2. The predicted octanol–water partition coefficient (Wildman–Crippen LogP) is 2.69. The molecule has 0 aliphatic carbocycles. The standard InChI is InChI=1S/C19H23N3O4S2.ClH/c1-3-22-10-9-14-15(11-22)27-19(16(14)17(20)23)21-18(24)12-5-7-13(8-6-12)28(25,26)4-2;/h5-8H,3-4,9-11H2,1-2H3,(H2,20,23)(H,21,24);1H. The summed E-state index contributed by atoms with van der Waals surface area (Å²) in [4.78, 5) is 28.1. The van der Waals surface area contributed by atoms with E-state index in [-0.39, 0.29) is 23.1 Å². The number of sulfone groups is 1. The van der Waals surface area contributed by atoms with Gasteiger partial charge >= 0.3 is 0 Å². The van der Waals surface area contributed by atoms with Crippen molar-refractivity contribution in [2.45, 2.75) is 31.7 Å². The molecule has 1 aliphatic rings. The number of fused-ring (bicyclic) bond motifs is 1. The molecule has 3 N–H and O–H groups in total. The van der Waals surface area contributed by atoms with Crippen LogP contribution in [0.5, 0.6) is 0 Å². The number of primary amides is 1. The highest BCUT2D eigenvalue weighted by Gasteiger charge is 2.27. The monoisotopic (exact) mass is 457 g/mol. The Labute approximate surface area is 180 Å². The SMILES string of the molecule is CCN1CCc2c(sc(NC(=O)c3ccc(S(=O)(=O)CC)cc3)c2C(N)=O)C1.Cl. The Balaban J connectivity index is 0.00000300. The molecule has 1 aromatic carbocycles. The van der Waals surface area contributed by atoms with Gasteiger partial charge in [-0.15, -0.1) is 23.7 Å². The zero-order valence-electron chi connectivity index (χ0n) is 16.2. The second-order valence-electron chi connectivity index (χ2n) is 6.57. The van der Waals surface area contributed by atoms with Crippen LogP contribution in [0.2, 0.25) is 0 Å². The van der Waals surface area contributed by atoms with Crippen molar-refractivity contribution in [3.8, 4) is 0 Å². The highest BCUT2D eigenvalue weighted by molar-refractivity contribution is 7.91. The molecule has 0 saturated carbocycles. The number of carbonyl (C=O) groups excluding carboxylic acids is 2. The number of hydrogen-bond donors (Lipinski definition) is 2. The maximum Gasteiger partial charge on any atom is 0.256 e. The minimum atomic E-state index is -3.32. The van der Waals surface area contributed by atoms with Crippen LogP contribution in [0, 0.1) is 0 Å². The Kier molecular flexibility index (Phi) is 7.45. The van der Waals surface area contributed by atoms with Gasteiger partial charge in [0.15, 0.2) is 9.84 Å². The first-order chi connectivity index (χ1) is 13.3. The van der Waals surface area contributed by atoms with E-state index in [1.807, 2.05) is 0 Å². The molecule has 29 heavy (non-hydrogen) atoms. The number of nitrogens with zero attached hydrogens (tertiary/aromatic N) is 1. The molecule has 1 aliphatic heterocycles. The Morgan fingerprint density at radius 3 is 2.41 bits per heavy atom. The summed E-state index contributed by atoms with van der Waals surface area (Å²) in [5.74, 6) is -0.966. The van der Waals surface area contributed by atoms with Gasteiger partial charge in [0, 0.05) is 23.5 Å². The van der Waals surface area contributed by atoms with Gasteiger partial charge in [-0.2, -0.15) is 0 Å². The number of benzene rings is 1. The number of halogens is 1. The molecule has 0 bridgehead atoms. The third-order valence-corrected chi connectivity index (χ3v) is 7.79. The number of thiophene rings is 1. The molecule has 0 atom stereocenters. The molecule has 0 unspecified atom stereocenters. The average molecular weight is 458 g/mol. The zero-order valence-corrected chi connectivity index (χ0v) is 18.7. The van der Waals surface area contributed by atoms with Crippen LogP contribution in [0.1, 0.15) is 45.0 Å². The van der Waals surface area contributed by atoms with Crippen LogP contribution >= 0.6 is 23.7 Å². The highest BCUT2D eigenvalue weighted by Crippen LogP contribution is 2.37. The molecule has 10 heteroatoms. The van der Waals surface area contributed by atoms with Crippen molar-refractivity contribution < 1.29 is 18.0 Å². The van der Waals surface area contributed by atoms with Crippen molar-refractivity contribution in [3.05, 3.63) is 45.8 Å². The largest absolute Gasteiger partial charge is 0.365 e. The number of carbonyl (C=O) groups is 2. The van der Waals surface area contributed by atoms with Crippen LogP contribution in [0.15, 0.2) is 29.2 Å². The van der Waals surface area contributed by atoms with Crippen LogP contribution in [-0.4, -0.2) is 44.0 Å². The van der Waals surface area contributed by atoms with Gasteiger partial charge in [-0.05, 0) is 42.8 Å². The molecule has 3 rings (SSSR count). The van der Waals surface area contributed by atoms with Crippen LogP contribution < -0.4 is 11.1 Å². The fourth-order valence-corrected chi connectivity index (χ4v) is 5.41. The van der Waals surface area contributed by atoms with Gasteiger partial charge in [-0.3, -0.25) is 14.5 Å². The number of nitrogens with two attached hydrogens (primary N) is 1. The highest BCUT2D eigenvalue weighted by atomic mass is 35.5. The summed E-state index contributed by atoms with van der Waals surface area (Å²) in [6.45, 7) is 6.15. The minimum Gasteiger partial charge on any atom is -0.365 e.